The van der Waals surface area contributed by atoms with Crippen molar-refractivity contribution in [2.45, 2.75) is 13.5 Å². The lowest BCUT2D eigenvalue weighted by atomic mass is 10.4. The fraction of sp³-hybridized carbons (Fsp3) is 0.222. The molecule has 0 aromatic carbocycles. The van der Waals surface area contributed by atoms with Gasteiger partial charge in [0.05, 0.1) is 18.9 Å². The highest BCUT2D eigenvalue weighted by molar-refractivity contribution is 5.92. The van der Waals surface area contributed by atoms with Gasteiger partial charge in [-0.1, -0.05) is 5.16 Å². The quantitative estimate of drug-likeness (QED) is 0.482. The summed E-state index contributed by atoms with van der Waals surface area (Å²) in [4.78, 5) is 23.4. The Morgan fingerprint density at radius 3 is 2.94 bits per heavy atom. The second kappa shape index (κ2) is 5.19. The molecule has 94 valence electrons. The van der Waals surface area contributed by atoms with Crippen molar-refractivity contribution in [3.63, 3.8) is 0 Å². The van der Waals surface area contributed by atoms with Crippen LogP contribution in [0.3, 0.4) is 0 Å². The highest BCUT2D eigenvalue weighted by atomic mass is 16.5. The summed E-state index contributed by atoms with van der Waals surface area (Å²) in [5.41, 5.74) is 2.45. The fourth-order valence-corrected chi connectivity index (χ4v) is 1.20. The molecule has 0 radical (unpaired) electrons. The molecule has 0 unspecified atom stereocenters. The average molecular weight is 249 g/mol. The number of rotatable bonds is 4. The zero-order valence-corrected chi connectivity index (χ0v) is 9.54. The molecule has 2 rings (SSSR count). The minimum Gasteiger partial charge on any atom is -0.342 e. The van der Waals surface area contributed by atoms with Crippen molar-refractivity contribution in [2.75, 3.05) is 5.43 Å². The molecule has 2 heterocycles. The van der Waals surface area contributed by atoms with E-state index in [2.05, 4.69) is 30.9 Å². The van der Waals surface area contributed by atoms with Crippen molar-refractivity contribution in [3.05, 3.63) is 29.8 Å². The number of hydrogen-bond donors (Lipinski definition) is 3. The first-order valence-electron chi connectivity index (χ1n) is 5.05. The first kappa shape index (κ1) is 11.9. The summed E-state index contributed by atoms with van der Waals surface area (Å²) in [6, 6.07) is 0. The molecule has 0 saturated heterocycles. The molecule has 18 heavy (non-hydrogen) atoms. The number of nitrogen functional groups attached to an aromatic ring is 1. The van der Waals surface area contributed by atoms with Gasteiger partial charge >= 0.3 is 0 Å². The summed E-state index contributed by atoms with van der Waals surface area (Å²) in [5, 5.41) is 6.18. The highest BCUT2D eigenvalue weighted by Gasteiger charge is 2.10. The minimum atomic E-state index is -0.407. The molecule has 2 aromatic heterocycles. The zero-order chi connectivity index (χ0) is 13.0. The van der Waals surface area contributed by atoms with Crippen LogP contribution in [0, 0.1) is 6.92 Å². The van der Waals surface area contributed by atoms with Gasteiger partial charge < -0.3 is 15.3 Å². The Bertz CT molecular complexity index is 553. The standard InChI is InChI=1S/C9H11N7O2/c1-5-13-8(18-16-5)4-12-9(17)6-2-11-3-7(14-6)15-10/h2-3H,4,10H2,1H3,(H,12,17)(H,14,15). The first-order chi connectivity index (χ1) is 8.69. The smallest absolute Gasteiger partial charge is 0.272 e. The molecule has 0 fully saturated rings. The van der Waals surface area contributed by atoms with Crippen LogP contribution >= 0.6 is 0 Å². The van der Waals surface area contributed by atoms with Crippen molar-refractivity contribution < 1.29 is 9.32 Å². The maximum atomic E-state index is 11.7. The van der Waals surface area contributed by atoms with Gasteiger partial charge in [0.1, 0.15) is 5.69 Å². The fourth-order valence-electron chi connectivity index (χ4n) is 1.20. The van der Waals surface area contributed by atoms with E-state index < -0.39 is 5.91 Å². The lowest BCUT2D eigenvalue weighted by molar-refractivity contribution is 0.0941. The molecule has 0 saturated carbocycles. The van der Waals surface area contributed by atoms with E-state index in [9.17, 15) is 4.79 Å². The topological polar surface area (TPSA) is 132 Å². The van der Waals surface area contributed by atoms with Crippen LogP contribution in [0.1, 0.15) is 22.2 Å². The normalized spacial score (nSPS) is 10.1. The predicted molar refractivity (Wildman–Crippen MR) is 60.0 cm³/mol. The third kappa shape index (κ3) is 2.77. The number of carbonyl (C=O) groups is 1. The van der Waals surface area contributed by atoms with Gasteiger partial charge in [0.2, 0.25) is 5.89 Å². The van der Waals surface area contributed by atoms with Crippen molar-refractivity contribution >= 4 is 11.7 Å². The highest BCUT2D eigenvalue weighted by Crippen LogP contribution is 2.01. The maximum Gasteiger partial charge on any atom is 0.272 e. The Labute approximate surface area is 102 Å². The van der Waals surface area contributed by atoms with Gasteiger partial charge in [-0.05, 0) is 6.92 Å². The Kier molecular flexibility index (Phi) is 3.44. The predicted octanol–water partition coefficient (Wildman–Crippen LogP) is -0.616. The zero-order valence-electron chi connectivity index (χ0n) is 9.54. The van der Waals surface area contributed by atoms with Crippen molar-refractivity contribution in [1.82, 2.24) is 25.4 Å². The van der Waals surface area contributed by atoms with Gasteiger partial charge in [0.25, 0.3) is 5.91 Å². The third-order valence-corrected chi connectivity index (χ3v) is 1.98. The van der Waals surface area contributed by atoms with Crippen molar-refractivity contribution in [3.8, 4) is 0 Å². The van der Waals surface area contributed by atoms with Crippen LogP contribution in [0.25, 0.3) is 0 Å². The monoisotopic (exact) mass is 249 g/mol. The third-order valence-electron chi connectivity index (χ3n) is 1.98. The number of aryl methyl sites for hydroxylation is 1. The number of amides is 1. The molecule has 0 aliphatic heterocycles. The molecule has 0 spiro atoms. The molecule has 0 atom stereocenters. The van der Waals surface area contributed by atoms with E-state index >= 15 is 0 Å². The molecule has 0 aliphatic rings. The van der Waals surface area contributed by atoms with Gasteiger partial charge in [-0.15, -0.1) is 0 Å². The number of hydrogen-bond acceptors (Lipinski definition) is 8. The Balaban J connectivity index is 1.99. The van der Waals surface area contributed by atoms with E-state index in [1.165, 1.54) is 12.4 Å². The maximum absolute atomic E-state index is 11.7. The van der Waals surface area contributed by atoms with E-state index in [1.54, 1.807) is 6.92 Å². The summed E-state index contributed by atoms with van der Waals surface area (Å²) < 4.78 is 4.85. The van der Waals surface area contributed by atoms with Crippen LogP contribution in [0.4, 0.5) is 5.82 Å². The molecular formula is C9H11N7O2. The lowest BCUT2D eigenvalue weighted by Gasteiger charge is -2.03. The second-order valence-corrected chi connectivity index (χ2v) is 3.35. The minimum absolute atomic E-state index is 0.127. The number of anilines is 1. The Morgan fingerprint density at radius 2 is 2.28 bits per heavy atom. The number of nitrogens with zero attached hydrogens (tertiary/aromatic N) is 4. The summed E-state index contributed by atoms with van der Waals surface area (Å²) in [6.45, 7) is 1.82. The van der Waals surface area contributed by atoms with Crippen LogP contribution < -0.4 is 16.6 Å². The van der Waals surface area contributed by atoms with Crippen LogP contribution in [-0.4, -0.2) is 26.0 Å². The first-order valence-corrected chi connectivity index (χ1v) is 5.05. The van der Waals surface area contributed by atoms with Crippen LogP contribution in [0.2, 0.25) is 0 Å². The Morgan fingerprint density at radius 1 is 1.44 bits per heavy atom. The van der Waals surface area contributed by atoms with E-state index in [1.807, 2.05) is 0 Å². The largest absolute Gasteiger partial charge is 0.342 e. The van der Waals surface area contributed by atoms with Gasteiger partial charge in [0.15, 0.2) is 11.6 Å². The van der Waals surface area contributed by atoms with Crippen molar-refractivity contribution in [2.24, 2.45) is 5.84 Å². The molecule has 9 heteroatoms. The van der Waals surface area contributed by atoms with Crippen LogP contribution in [-0.2, 0) is 6.54 Å². The number of hydrazine groups is 1. The van der Waals surface area contributed by atoms with Crippen molar-refractivity contribution in [1.29, 1.82) is 0 Å². The molecular weight excluding hydrogens is 238 g/mol. The van der Waals surface area contributed by atoms with Gasteiger partial charge in [-0.25, -0.2) is 10.8 Å². The van der Waals surface area contributed by atoms with E-state index in [0.717, 1.165) is 0 Å². The number of carbonyl (C=O) groups excluding carboxylic acids is 1. The average Bonchev–Trinajstić information content (AvgIpc) is 2.82. The van der Waals surface area contributed by atoms with E-state index in [0.29, 0.717) is 17.5 Å². The second-order valence-electron chi connectivity index (χ2n) is 3.35. The SMILES string of the molecule is Cc1noc(CNC(=O)c2cncc(NN)n2)n1. The van der Waals surface area contributed by atoms with Gasteiger partial charge in [-0.2, -0.15) is 4.98 Å². The molecule has 1 amide bonds. The number of aromatic nitrogens is 4. The Hall–Kier alpha value is -2.55. The lowest BCUT2D eigenvalue weighted by Crippen LogP contribution is -2.24. The number of nitrogens with two attached hydrogens (primary N) is 1. The van der Waals surface area contributed by atoms with Crippen LogP contribution in [0.5, 0.6) is 0 Å². The van der Waals surface area contributed by atoms with Gasteiger partial charge in [-0.3, -0.25) is 9.78 Å². The summed E-state index contributed by atoms with van der Waals surface area (Å²) >= 11 is 0. The molecule has 2 aromatic rings. The van der Waals surface area contributed by atoms with Crippen LogP contribution in [0.15, 0.2) is 16.9 Å². The molecule has 0 aliphatic carbocycles. The summed E-state index contributed by atoms with van der Waals surface area (Å²) in [7, 11) is 0. The van der Waals surface area contributed by atoms with E-state index in [4.69, 9.17) is 10.4 Å². The summed E-state index contributed by atoms with van der Waals surface area (Å²) in [6.07, 6.45) is 2.73. The molecule has 9 nitrogen and oxygen atoms in total. The summed E-state index contributed by atoms with van der Waals surface area (Å²) in [5.74, 6) is 5.89. The molecule has 0 bridgehead atoms. The van der Waals surface area contributed by atoms with E-state index in [-0.39, 0.29) is 12.2 Å². The van der Waals surface area contributed by atoms with Gasteiger partial charge in [0, 0.05) is 0 Å². The number of nitrogens with one attached hydrogen (secondary N) is 2. The molecule has 4 N–H and O–H groups in total.